The molecule has 0 saturated carbocycles. The summed E-state index contributed by atoms with van der Waals surface area (Å²) in [6.45, 7) is 1.80. The van der Waals surface area contributed by atoms with Gasteiger partial charge in [-0.3, -0.25) is 0 Å². The van der Waals surface area contributed by atoms with Crippen molar-refractivity contribution in [2.24, 2.45) is 0 Å². The van der Waals surface area contributed by atoms with Gasteiger partial charge in [0, 0.05) is 0 Å². The van der Waals surface area contributed by atoms with Crippen LogP contribution in [-0.2, 0) is 5.21 Å². The molecular weight excluding hydrogens is 277 g/mol. The van der Waals surface area contributed by atoms with Crippen molar-refractivity contribution in [1.29, 1.82) is 0 Å². The average molecular weight is 286 g/mol. The first-order valence-corrected chi connectivity index (χ1v) is 6.94. The Morgan fingerprint density at radius 2 is 1.43 bits per heavy atom. The van der Waals surface area contributed by atoms with Crippen LogP contribution in [0, 0.1) is 0 Å². The van der Waals surface area contributed by atoms with Gasteiger partial charge in [-0.15, -0.1) is 0 Å². The van der Waals surface area contributed by atoms with Gasteiger partial charge in [-0.05, 0) is 24.4 Å². The summed E-state index contributed by atoms with van der Waals surface area (Å²) < 4.78 is 10.5. The van der Waals surface area contributed by atoms with Crippen molar-refractivity contribution >= 4 is 79.2 Å². The lowest BCUT2D eigenvalue weighted by atomic mass is 9.34. The lowest BCUT2D eigenvalue weighted by molar-refractivity contribution is 0.0844. The summed E-state index contributed by atoms with van der Waals surface area (Å²) in [4.78, 5) is 0. The third-order valence-corrected chi connectivity index (χ3v) is 4.20. The summed E-state index contributed by atoms with van der Waals surface area (Å²) in [6, 6.07) is 0. The van der Waals surface area contributed by atoms with Crippen molar-refractivity contribution in [3.8, 4) is 11.5 Å². The largest absolute Gasteiger partial charge is 0.469 e. The molecule has 16 radical (unpaired) electrons. The van der Waals surface area contributed by atoms with E-state index in [1.54, 1.807) is 14.0 Å². The topological polar surface area (TPSA) is 30.5 Å². The Balaban J connectivity index is 2.74. The van der Waals surface area contributed by atoms with Gasteiger partial charge >= 0.3 is 0 Å². The number of ether oxygens (including phenoxy) is 2. The molecule has 0 bridgehead atoms. The van der Waals surface area contributed by atoms with Crippen LogP contribution >= 0.6 is 0 Å². The van der Waals surface area contributed by atoms with Gasteiger partial charge in [-0.2, -0.15) is 0 Å². The maximum absolute atomic E-state index is 6.29. The monoisotopic (exact) mass is 287 g/mol. The average Bonchev–Trinajstić information content (AvgIpc) is 2.80. The first kappa shape index (κ1) is 18.6. The van der Waals surface area contributed by atoms with Crippen LogP contribution in [0.15, 0.2) is 0 Å². The Kier molecular flexibility index (Phi) is 4.60. The van der Waals surface area contributed by atoms with Gasteiger partial charge in [0.2, 0.25) is 0 Å². The summed E-state index contributed by atoms with van der Waals surface area (Å²) >= 11 is 0. The Morgan fingerprint density at radius 1 is 0.957 bits per heavy atom. The molecule has 0 aromatic heterocycles. The zero-order chi connectivity index (χ0) is 17.8. The van der Waals surface area contributed by atoms with Crippen LogP contribution in [-0.4, -0.2) is 80.8 Å². The highest BCUT2D eigenvalue weighted by Gasteiger charge is 2.42. The molecule has 1 aromatic rings. The SMILES string of the molecule is [B]c1c([B])c(C([B])([B])C([B])(CC)NC)c([B])c2c1OC([B])([B])O2. The standard InChI is InChI=1S/C12H9B8NO2/c1-3-10(16,21-2)11(17,18)4-5(13)7(15)9-8(6(4)14)22-12(19,20)23-9/h21H,3H2,1-2H3. The molecule has 1 heterocycles. The van der Waals surface area contributed by atoms with Gasteiger partial charge in [-0.25, -0.2) is 0 Å². The Bertz CT molecular complexity index is 645. The van der Waals surface area contributed by atoms with E-state index in [0.717, 1.165) is 0 Å². The summed E-state index contributed by atoms with van der Waals surface area (Å²) in [5.41, 5.74) is -2.99. The second kappa shape index (κ2) is 5.68. The van der Waals surface area contributed by atoms with E-state index in [2.05, 4.69) is 5.32 Å². The first-order chi connectivity index (χ1) is 10.4. The summed E-state index contributed by atoms with van der Waals surface area (Å²) in [5, 5.41) is 1.20. The number of likely N-dealkylation sites (N-methyl/N-ethyl adjacent to an activating group) is 1. The maximum Gasteiger partial charge on any atom is 0.175 e. The van der Waals surface area contributed by atoms with E-state index >= 15 is 0 Å². The van der Waals surface area contributed by atoms with Crippen molar-refractivity contribution in [2.75, 3.05) is 7.05 Å². The van der Waals surface area contributed by atoms with Crippen LogP contribution in [0.3, 0.4) is 0 Å². The molecule has 23 heavy (non-hydrogen) atoms. The van der Waals surface area contributed by atoms with Crippen molar-refractivity contribution < 1.29 is 9.47 Å². The van der Waals surface area contributed by atoms with E-state index < -0.39 is 16.2 Å². The highest BCUT2D eigenvalue weighted by atomic mass is 16.7. The van der Waals surface area contributed by atoms with Gasteiger partial charge < -0.3 is 14.8 Å². The predicted molar refractivity (Wildman–Crippen MR) is 99.1 cm³/mol. The lowest BCUT2D eigenvalue weighted by Gasteiger charge is -2.48. The van der Waals surface area contributed by atoms with Gasteiger partial charge in [0.05, 0.1) is 23.5 Å². The van der Waals surface area contributed by atoms with Crippen LogP contribution in [0.2, 0.25) is 0 Å². The normalized spacial score (nSPS) is 18.5. The summed E-state index contributed by atoms with van der Waals surface area (Å²) in [7, 11) is 49.8. The van der Waals surface area contributed by atoms with Crippen LogP contribution in [0.1, 0.15) is 18.9 Å². The molecule has 1 atom stereocenters. The number of fused-ring (bicyclic) bond motifs is 1. The summed E-state index contributed by atoms with van der Waals surface area (Å²) in [5.74, 6) is 0.0552. The van der Waals surface area contributed by atoms with E-state index in [4.69, 9.17) is 72.2 Å². The quantitative estimate of drug-likeness (QED) is 0.569. The molecule has 11 heteroatoms. The second-order valence-electron chi connectivity index (χ2n) is 5.64. The zero-order valence-electron chi connectivity index (χ0n) is 13.1. The van der Waals surface area contributed by atoms with Crippen LogP contribution in [0.25, 0.3) is 0 Å². The van der Waals surface area contributed by atoms with Crippen molar-refractivity contribution in [3.63, 3.8) is 0 Å². The van der Waals surface area contributed by atoms with E-state index in [1.165, 1.54) is 0 Å². The number of rotatable bonds is 4. The molecule has 0 saturated heterocycles. The predicted octanol–water partition coefficient (Wildman–Crippen LogP) is -4.23. The Morgan fingerprint density at radius 3 is 1.87 bits per heavy atom. The third kappa shape index (κ3) is 2.69. The van der Waals surface area contributed by atoms with Gasteiger partial charge in [0.15, 0.2) is 32.8 Å². The van der Waals surface area contributed by atoms with Gasteiger partial charge in [-0.1, -0.05) is 28.6 Å². The molecule has 2 rings (SSSR count). The van der Waals surface area contributed by atoms with E-state index in [1.807, 2.05) is 0 Å². The zero-order valence-corrected chi connectivity index (χ0v) is 13.1. The van der Waals surface area contributed by atoms with Gasteiger partial charge in [0.1, 0.15) is 23.5 Å². The molecule has 0 amide bonds. The number of nitrogens with one attached hydrogen (secondary N) is 1. The third-order valence-electron chi connectivity index (χ3n) is 4.20. The molecule has 3 nitrogen and oxygen atoms in total. The van der Waals surface area contributed by atoms with E-state index in [-0.39, 0.29) is 33.5 Å². The highest BCUT2D eigenvalue weighted by Crippen LogP contribution is 2.36. The lowest BCUT2D eigenvalue weighted by Crippen LogP contribution is -2.64. The Hall–Kier alpha value is -0.701. The number of hydrogen-bond donors (Lipinski definition) is 1. The van der Waals surface area contributed by atoms with Crippen molar-refractivity contribution in [2.45, 2.75) is 29.6 Å². The molecule has 1 aliphatic rings. The molecule has 0 aliphatic carbocycles. The molecule has 1 N–H and O–H groups in total. The smallest absolute Gasteiger partial charge is 0.175 e. The van der Waals surface area contributed by atoms with E-state index in [0.29, 0.717) is 6.42 Å². The molecule has 0 fully saturated rings. The number of benzene rings is 1. The highest BCUT2D eigenvalue weighted by molar-refractivity contribution is 6.57. The second-order valence-corrected chi connectivity index (χ2v) is 5.64. The minimum Gasteiger partial charge on any atom is -0.469 e. The molecular formula is C12H9B8NO2. The maximum atomic E-state index is 6.29. The number of hydrogen-bond acceptors (Lipinski definition) is 3. The van der Waals surface area contributed by atoms with Crippen molar-refractivity contribution in [3.05, 3.63) is 5.56 Å². The molecule has 1 aliphatic heterocycles. The molecule has 1 unspecified atom stereocenters. The fourth-order valence-corrected chi connectivity index (χ4v) is 2.65. The fourth-order valence-electron chi connectivity index (χ4n) is 2.65. The molecule has 1 aromatic carbocycles. The Labute approximate surface area is 148 Å². The molecule has 0 spiro atoms. The minimum absolute atomic E-state index is 0.00741. The van der Waals surface area contributed by atoms with E-state index in [9.17, 15) is 0 Å². The van der Waals surface area contributed by atoms with Crippen LogP contribution < -0.4 is 31.2 Å². The van der Waals surface area contributed by atoms with Crippen molar-refractivity contribution in [1.82, 2.24) is 5.32 Å². The molecule has 98 valence electrons. The van der Waals surface area contributed by atoms with Crippen LogP contribution in [0.5, 0.6) is 11.5 Å². The minimum atomic E-state index is -1.92. The summed E-state index contributed by atoms with van der Waals surface area (Å²) in [6.07, 6.45) is 0.376. The van der Waals surface area contributed by atoms with Gasteiger partial charge in [0.25, 0.3) is 0 Å². The first-order valence-electron chi connectivity index (χ1n) is 6.94. The fraction of sp³-hybridized carbons (Fsp3) is 0.500. The van der Waals surface area contributed by atoms with Crippen LogP contribution in [0.4, 0.5) is 0 Å².